The predicted molar refractivity (Wildman–Crippen MR) is 66.0 cm³/mol. The van der Waals surface area contributed by atoms with Crippen LogP contribution < -0.4 is 0 Å². The van der Waals surface area contributed by atoms with Crippen LogP contribution in [0, 0.1) is 12.7 Å². The molecule has 0 bridgehead atoms. The molecule has 0 amide bonds. The summed E-state index contributed by atoms with van der Waals surface area (Å²) in [4.78, 5) is 12.1. The van der Waals surface area contributed by atoms with Crippen LogP contribution in [0.2, 0.25) is 5.02 Å². The highest BCUT2D eigenvalue weighted by atomic mass is 35.5. The van der Waals surface area contributed by atoms with Crippen LogP contribution in [-0.4, -0.2) is 5.78 Å². The van der Waals surface area contributed by atoms with Crippen LogP contribution >= 0.6 is 11.6 Å². The van der Waals surface area contributed by atoms with E-state index >= 15 is 0 Å². The van der Waals surface area contributed by atoms with E-state index in [0.717, 1.165) is 11.6 Å². The molecule has 0 spiro atoms. The van der Waals surface area contributed by atoms with Crippen molar-refractivity contribution in [2.24, 2.45) is 0 Å². The van der Waals surface area contributed by atoms with E-state index in [-0.39, 0.29) is 10.8 Å². The third-order valence-electron chi connectivity index (χ3n) is 2.57. The van der Waals surface area contributed by atoms with E-state index in [0.29, 0.717) is 11.1 Å². The first kappa shape index (κ1) is 11.8. The van der Waals surface area contributed by atoms with E-state index in [1.54, 1.807) is 12.1 Å². The molecular formula is C14H10ClFO. The number of hydrogen-bond donors (Lipinski definition) is 0. The van der Waals surface area contributed by atoms with Crippen molar-refractivity contribution in [3.63, 3.8) is 0 Å². The molecule has 0 unspecified atom stereocenters. The Balaban J connectivity index is 2.44. The van der Waals surface area contributed by atoms with Crippen LogP contribution in [0.15, 0.2) is 42.5 Å². The molecule has 0 fully saturated rings. The topological polar surface area (TPSA) is 17.1 Å². The molecule has 0 aliphatic carbocycles. The summed E-state index contributed by atoms with van der Waals surface area (Å²) < 4.78 is 13.3. The van der Waals surface area contributed by atoms with Gasteiger partial charge in [0.25, 0.3) is 0 Å². The van der Waals surface area contributed by atoms with Crippen LogP contribution in [0.1, 0.15) is 21.5 Å². The van der Waals surface area contributed by atoms with Gasteiger partial charge >= 0.3 is 0 Å². The van der Waals surface area contributed by atoms with Gasteiger partial charge in [-0.05, 0) is 30.7 Å². The molecule has 0 aliphatic heterocycles. The van der Waals surface area contributed by atoms with Gasteiger partial charge in [0, 0.05) is 11.1 Å². The second kappa shape index (κ2) is 4.68. The minimum absolute atomic E-state index is 0.0198. The van der Waals surface area contributed by atoms with Gasteiger partial charge in [-0.15, -0.1) is 0 Å². The molecular weight excluding hydrogens is 239 g/mol. The van der Waals surface area contributed by atoms with Crippen molar-refractivity contribution >= 4 is 17.4 Å². The number of benzene rings is 2. The summed E-state index contributed by atoms with van der Waals surface area (Å²) in [6.07, 6.45) is 0. The maximum absolute atomic E-state index is 13.3. The zero-order valence-corrected chi connectivity index (χ0v) is 9.96. The van der Waals surface area contributed by atoms with Gasteiger partial charge in [-0.2, -0.15) is 0 Å². The molecule has 0 saturated carbocycles. The standard InChI is InChI=1S/C14H10ClFO/c1-9-4-2-3-5-11(9)14(17)10-6-7-12(15)13(16)8-10/h2-8H,1H3. The lowest BCUT2D eigenvalue weighted by Crippen LogP contribution is -2.03. The number of carbonyl (C=O) groups excluding carboxylic acids is 1. The monoisotopic (exact) mass is 248 g/mol. The van der Waals surface area contributed by atoms with Crippen molar-refractivity contribution < 1.29 is 9.18 Å². The molecule has 0 atom stereocenters. The minimum atomic E-state index is -0.578. The number of hydrogen-bond acceptors (Lipinski definition) is 1. The number of carbonyl (C=O) groups is 1. The molecule has 86 valence electrons. The second-order valence-electron chi connectivity index (χ2n) is 3.77. The van der Waals surface area contributed by atoms with Crippen LogP contribution in [0.5, 0.6) is 0 Å². The Hall–Kier alpha value is -1.67. The normalized spacial score (nSPS) is 10.3. The third kappa shape index (κ3) is 2.37. The molecule has 0 heterocycles. The van der Waals surface area contributed by atoms with Crippen molar-refractivity contribution in [1.29, 1.82) is 0 Å². The SMILES string of the molecule is Cc1ccccc1C(=O)c1ccc(Cl)c(F)c1. The Morgan fingerprint density at radius 1 is 1.18 bits per heavy atom. The zero-order valence-electron chi connectivity index (χ0n) is 9.21. The van der Waals surface area contributed by atoms with Crippen molar-refractivity contribution in [3.05, 3.63) is 70.0 Å². The highest BCUT2D eigenvalue weighted by molar-refractivity contribution is 6.30. The summed E-state index contributed by atoms with van der Waals surface area (Å²) in [5.74, 6) is -0.773. The van der Waals surface area contributed by atoms with Crippen molar-refractivity contribution in [2.75, 3.05) is 0 Å². The molecule has 0 aromatic heterocycles. The van der Waals surface area contributed by atoms with Gasteiger partial charge < -0.3 is 0 Å². The highest BCUT2D eigenvalue weighted by Gasteiger charge is 2.12. The third-order valence-corrected chi connectivity index (χ3v) is 2.88. The van der Waals surface area contributed by atoms with Crippen LogP contribution in [0.25, 0.3) is 0 Å². The van der Waals surface area contributed by atoms with Gasteiger partial charge in [0.05, 0.1) is 5.02 Å². The molecule has 3 heteroatoms. The van der Waals surface area contributed by atoms with E-state index in [1.807, 2.05) is 19.1 Å². The molecule has 0 N–H and O–H groups in total. The lowest BCUT2D eigenvalue weighted by atomic mass is 9.99. The zero-order chi connectivity index (χ0) is 12.4. The van der Waals surface area contributed by atoms with E-state index in [1.165, 1.54) is 12.1 Å². The van der Waals surface area contributed by atoms with Crippen molar-refractivity contribution in [1.82, 2.24) is 0 Å². The van der Waals surface area contributed by atoms with Gasteiger partial charge in [0.15, 0.2) is 5.78 Å². The first-order valence-electron chi connectivity index (χ1n) is 5.15. The Labute approximate surface area is 104 Å². The minimum Gasteiger partial charge on any atom is -0.289 e. The number of halogens is 2. The molecule has 2 rings (SSSR count). The Morgan fingerprint density at radius 2 is 1.88 bits per heavy atom. The lowest BCUT2D eigenvalue weighted by molar-refractivity contribution is 0.103. The molecule has 2 aromatic rings. The summed E-state index contributed by atoms with van der Waals surface area (Å²) in [6, 6.07) is 11.3. The first-order chi connectivity index (χ1) is 8.09. The molecule has 0 aliphatic rings. The largest absolute Gasteiger partial charge is 0.289 e. The van der Waals surface area contributed by atoms with Gasteiger partial charge in [0.1, 0.15) is 5.82 Å². The number of ketones is 1. The van der Waals surface area contributed by atoms with Crippen LogP contribution in [0.3, 0.4) is 0 Å². The molecule has 0 saturated heterocycles. The van der Waals surface area contributed by atoms with Gasteiger partial charge in [0.2, 0.25) is 0 Å². The summed E-state index contributed by atoms with van der Waals surface area (Å²) in [7, 11) is 0. The number of rotatable bonds is 2. The molecule has 2 aromatic carbocycles. The fourth-order valence-corrected chi connectivity index (χ4v) is 1.74. The van der Waals surface area contributed by atoms with Crippen LogP contribution in [-0.2, 0) is 0 Å². The maximum Gasteiger partial charge on any atom is 0.193 e. The highest BCUT2D eigenvalue weighted by Crippen LogP contribution is 2.19. The van der Waals surface area contributed by atoms with E-state index in [9.17, 15) is 9.18 Å². The van der Waals surface area contributed by atoms with Gasteiger partial charge in [-0.1, -0.05) is 35.9 Å². The first-order valence-corrected chi connectivity index (χ1v) is 5.53. The fraction of sp³-hybridized carbons (Fsp3) is 0.0714. The smallest absolute Gasteiger partial charge is 0.193 e. The van der Waals surface area contributed by atoms with Crippen LogP contribution in [0.4, 0.5) is 4.39 Å². The quantitative estimate of drug-likeness (QED) is 0.734. The van der Waals surface area contributed by atoms with Gasteiger partial charge in [-0.25, -0.2) is 4.39 Å². The summed E-state index contributed by atoms with van der Waals surface area (Å²) in [6.45, 7) is 1.85. The Kier molecular flexibility index (Phi) is 3.25. The average Bonchev–Trinajstić information content (AvgIpc) is 2.32. The van der Waals surface area contributed by atoms with Crippen molar-refractivity contribution in [2.45, 2.75) is 6.92 Å². The Morgan fingerprint density at radius 3 is 2.53 bits per heavy atom. The number of aryl methyl sites for hydroxylation is 1. The molecule has 0 radical (unpaired) electrons. The maximum atomic E-state index is 13.3. The predicted octanol–water partition coefficient (Wildman–Crippen LogP) is 4.02. The lowest BCUT2D eigenvalue weighted by Gasteiger charge is -2.05. The Bertz CT molecular complexity index is 578. The van der Waals surface area contributed by atoms with E-state index in [4.69, 9.17) is 11.6 Å². The van der Waals surface area contributed by atoms with E-state index in [2.05, 4.69) is 0 Å². The second-order valence-corrected chi connectivity index (χ2v) is 4.18. The summed E-state index contributed by atoms with van der Waals surface area (Å²) in [5.41, 5.74) is 1.75. The molecule has 1 nitrogen and oxygen atoms in total. The van der Waals surface area contributed by atoms with E-state index < -0.39 is 5.82 Å². The van der Waals surface area contributed by atoms with Crippen molar-refractivity contribution in [3.8, 4) is 0 Å². The molecule has 17 heavy (non-hydrogen) atoms. The fourth-order valence-electron chi connectivity index (χ4n) is 1.62. The summed E-state index contributed by atoms with van der Waals surface area (Å²) in [5, 5.41) is 0.0198. The van der Waals surface area contributed by atoms with Gasteiger partial charge in [-0.3, -0.25) is 4.79 Å². The average molecular weight is 249 g/mol. The summed E-state index contributed by atoms with van der Waals surface area (Å²) >= 11 is 5.58.